The van der Waals surface area contributed by atoms with E-state index in [1.165, 1.54) is 11.1 Å². The number of carboxylic acid groups (broad SMARTS) is 1. The Morgan fingerprint density at radius 1 is 1.38 bits per heavy atom. The van der Waals surface area contributed by atoms with Crippen LogP contribution in [-0.4, -0.2) is 29.8 Å². The molecule has 2 aromatic rings. The predicted molar refractivity (Wildman–Crippen MR) is 101 cm³/mol. The number of aromatic nitrogens is 1. The highest BCUT2D eigenvalue weighted by atomic mass is 16.5. The van der Waals surface area contributed by atoms with Gasteiger partial charge in [-0.05, 0) is 67.7 Å². The van der Waals surface area contributed by atoms with Gasteiger partial charge in [0, 0.05) is 22.5 Å². The average Bonchev–Trinajstić information content (AvgIpc) is 2.82. The monoisotopic (exact) mass is 353 g/mol. The Bertz CT molecular complexity index is 876. The quantitative estimate of drug-likeness (QED) is 0.605. The average molecular weight is 353 g/mol. The fourth-order valence-electron chi connectivity index (χ4n) is 3.43. The molecule has 1 aromatic heterocycles. The summed E-state index contributed by atoms with van der Waals surface area (Å²) in [4.78, 5) is 14.2. The van der Waals surface area contributed by atoms with Gasteiger partial charge in [0.25, 0.3) is 0 Å². The second-order valence-corrected chi connectivity index (χ2v) is 6.33. The third-order valence-electron chi connectivity index (χ3n) is 4.65. The maximum absolute atomic E-state index is 10.7. The van der Waals surface area contributed by atoms with Gasteiger partial charge in [-0.15, -0.1) is 0 Å². The minimum absolute atomic E-state index is 0.331. The van der Waals surface area contributed by atoms with Crippen molar-refractivity contribution in [1.82, 2.24) is 4.98 Å². The summed E-state index contributed by atoms with van der Waals surface area (Å²) in [6, 6.07) is 5.78. The van der Waals surface area contributed by atoms with Gasteiger partial charge in [0.2, 0.25) is 0 Å². The van der Waals surface area contributed by atoms with E-state index in [2.05, 4.69) is 18.5 Å². The van der Waals surface area contributed by atoms with Gasteiger partial charge < -0.3 is 19.6 Å². The standard InChI is InChI=1S/C21H23NO4/c1-4-15(25-3)11-19-13(2)22-21-17-9-8-16(26-12-20(23)24)10-14(17)6-5-7-18(19)21/h4,8-11,22H,1,5-7,12H2,2-3H3,(H,23,24)/b15-11+. The zero-order valence-electron chi connectivity index (χ0n) is 15.1. The number of aromatic amines is 1. The third-order valence-corrected chi connectivity index (χ3v) is 4.65. The molecule has 1 aromatic carbocycles. The van der Waals surface area contributed by atoms with Crippen molar-refractivity contribution in [2.45, 2.75) is 26.2 Å². The molecule has 5 nitrogen and oxygen atoms in total. The number of allylic oxidation sites excluding steroid dienone is 1. The lowest BCUT2D eigenvalue weighted by molar-refractivity contribution is -0.139. The zero-order valence-corrected chi connectivity index (χ0v) is 15.1. The SMILES string of the molecule is C=C/C(=C\c1c(C)[nH]c2c1CCCc1cc(OCC(=O)O)ccc1-2)OC. The summed E-state index contributed by atoms with van der Waals surface area (Å²) in [7, 11) is 1.64. The highest BCUT2D eigenvalue weighted by Gasteiger charge is 2.21. The number of aryl methyl sites for hydroxylation is 2. The van der Waals surface area contributed by atoms with Crippen LogP contribution in [0.1, 0.15) is 28.8 Å². The molecule has 1 heterocycles. The first-order chi connectivity index (χ1) is 12.5. The summed E-state index contributed by atoms with van der Waals surface area (Å²) in [5, 5.41) is 8.78. The predicted octanol–water partition coefficient (Wildman–Crippen LogP) is 4.12. The fraction of sp³-hybridized carbons (Fsp3) is 0.286. The molecule has 0 aliphatic heterocycles. The number of hydrogen-bond donors (Lipinski definition) is 2. The molecule has 0 bridgehead atoms. The Morgan fingerprint density at radius 3 is 2.88 bits per heavy atom. The second-order valence-electron chi connectivity index (χ2n) is 6.33. The molecule has 3 rings (SSSR count). The summed E-state index contributed by atoms with van der Waals surface area (Å²) in [6.07, 6.45) is 6.61. The number of nitrogens with one attached hydrogen (secondary N) is 1. The minimum atomic E-state index is -0.977. The lowest BCUT2D eigenvalue weighted by Gasteiger charge is -2.10. The molecule has 1 aliphatic rings. The topological polar surface area (TPSA) is 71.6 Å². The lowest BCUT2D eigenvalue weighted by Crippen LogP contribution is -2.09. The van der Waals surface area contributed by atoms with E-state index in [0.29, 0.717) is 5.75 Å². The lowest BCUT2D eigenvalue weighted by atomic mass is 10.0. The first-order valence-electron chi connectivity index (χ1n) is 8.61. The van der Waals surface area contributed by atoms with Crippen LogP contribution in [0.3, 0.4) is 0 Å². The van der Waals surface area contributed by atoms with Crippen LogP contribution in [-0.2, 0) is 22.4 Å². The molecule has 2 N–H and O–H groups in total. The molecular formula is C21H23NO4. The molecule has 0 fully saturated rings. The van der Waals surface area contributed by atoms with Gasteiger partial charge >= 0.3 is 5.97 Å². The van der Waals surface area contributed by atoms with Gasteiger partial charge in [-0.3, -0.25) is 0 Å². The highest BCUT2D eigenvalue weighted by Crippen LogP contribution is 2.37. The molecule has 0 saturated heterocycles. The summed E-state index contributed by atoms with van der Waals surface area (Å²) in [5.41, 5.74) is 6.93. The van der Waals surface area contributed by atoms with Crippen LogP contribution >= 0.6 is 0 Å². The second kappa shape index (κ2) is 7.52. The first kappa shape index (κ1) is 17.9. The molecule has 136 valence electrons. The molecule has 0 unspecified atom stereocenters. The van der Waals surface area contributed by atoms with Crippen LogP contribution in [0, 0.1) is 6.92 Å². The van der Waals surface area contributed by atoms with E-state index in [1.54, 1.807) is 13.2 Å². The number of methoxy groups -OCH3 is 1. The van der Waals surface area contributed by atoms with Gasteiger partial charge in [0.1, 0.15) is 11.5 Å². The molecule has 26 heavy (non-hydrogen) atoms. The third kappa shape index (κ3) is 3.52. The minimum Gasteiger partial charge on any atom is -0.497 e. The number of aliphatic carboxylic acids is 1. The molecule has 0 saturated carbocycles. The molecular weight excluding hydrogens is 330 g/mol. The molecule has 0 radical (unpaired) electrons. The van der Waals surface area contributed by atoms with Gasteiger partial charge in [0.05, 0.1) is 7.11 Å². The number of rotatable bonds is 6. The summed E-state index contributed by atoms with van der Waals surface area (Å²) < 4.78 is 10.7. The Morgan fingerprint density at radius 2 is 2.19 bits per heavy atom. The Balaban J connectivity index is 2.03. The van der Waals surface area contributed by atoms with Crippen LogP contribution in [0.25, 0.3) is 17.3 Å². The summed E-state index contributed by atoms with van der Waals surface area (Å²) in [6.45, 7) is 5.51. The largest absolute Gasteiger partial charge is 0.497 e. The van der Waals surface area contributed by atoms with E-state index in [0.717, 1.165) is 47.5 Å². The molecule has 0 amide bonds. The molecule has 0 spiro atoms. The maximum Gasteiger partial charge on any atom is 0.341 e. The normalized spacial score (nSPS) is 13.4. The number of benzene rings is 1. The van der Waals surface area contributed by atoms with Crippen molar-refractivity contribution in [2.24, 2.45) is 0 Å². The van der Waals surface area contributed by atoms with E-state index in [-0.39, 0.29) is 6.61 Å². The fourth-order valence-corrected chi connectivity index (χ4v) is 3.43. The number of ether oxygens (including phenoxy) is 2. The van der Waals surface area contributed by atoms with E-state index < -0.39 is 5.97 Å². The van der Waals surface area contributed by atoms with Gasteiger partial charge in [-0.1, -0.05) is 6.58 Å². The maximum atomic E-state index is 10.7. The number of carbonyl (C=O) groups is 1. The van der Waals surface area contributed by atoms with Crippen LogP contribution in [0.5, 0.6) is 5.75 Å². The van der Waals surface area contributed by atoms with Crippen molar-refractivity contribution >= 4 is 12.0 Å². The van der Waals surface area contributed by atoms with E-state index in [9.17, 15) is 4.79 Å². The number of fused-ring (bicyclic) bond motifs is 3. The van der Waals surface area contributed by atoms with Gasteiger partial charge in [-0.25, -0.2) is 4.79 Å². The van der Waals surface area contributed by atoms with E-state index >= 15 is 0 Å². The van der Waals surface area contributed by atoms with Crippen LogP contribution in [0.15, 0.2) is 36.6 Å². The Hall–Kier alpha value is -2.95. The van der Waals surface area contributed by atoms with Crippen molar-refractivity contribution in [3.05, 3.63) is 59.0 Å². The molecule has 0 atom stereocenters. The van der Waals surface area contributed by atoms with Crippen molar-refractivity contribution in [1.29, 1.82) is 0 Å². The Kier molecular flexibility index (Phi) is 5.16. The van der Waals surface area contributed by atoms with E-state index in [4.69, 9.17) is 14.6 Å². The summed E-state index contributed by atoms with van der Waals surface area (Å²) in [5.74, 6) is 0.345. The highest BCUT2D eigenvalue weighted by molar-refractivity contribution is 5.76. The van der Waals surface area contributed by atoms with Crippen molar-refractivity contribution in [2.75, 3.05) is 13.7 Å². The zero-order chi connectivity index (χ0) is 18.7. The molecule has 5 heteroatoms. The van der Waals surface area contributed by atoms with Crippen molar-refractivity contribution in [3.63, 3.8) is 0 Å². The van der Waals surface area contributed by atoms with Crippen LogP contribution in [0.4, 0.5) is 0 Å². The van der Waals surface area contributed by atoms with Crippen LogP contribution in [0.2, 0.25) is 0 Å². The van der Waals surface area contributed by atoms with Crippen molar-refractivity contribution < 1.29 is 19.4 Å². The molecule has 1 aliphatic carbocycles. The smallest absolute Gasteiger partial charge is 0.341 e. The van der Waals surface area contributed by atoms with Gasteiger partial charge in [-0.2, -0.15) is 0 Å². The Labute approximate surface area is 153 Å². The number of hydrogen-bond acceptors (Lipinski definition) is 3. The van der Waals surface area contributed by atoms with Crippen LogP contribution < -0.4 is 4.74 Å². The summed E-state index contributed by atoms with van der Waals surface area (Å²) >= 11 is 0. The van der Waals surface area contributed by atoms with E-state index in [1.807, 2.05) is 24.3 Å². The first-order valence-corrected chi connectivity index (χ1v) is 8.61. The number of carboxylic acids is 1. The van der Waals surface area contributed by atoms with Crippen molar-refractivity contribution in [3.8, 4) is 17.0 Å². The van der Waals surface area contributed by atoms with Gasteiger partial charge in [0.15, 0.2) is 6.61 Å². The number of H-pyrrole nitrogens is 1.